The molecule has 2 saturated heterocycles. The lowest BCUT2D eigenvalue weighted by Crippen LogP contribution is -2.63. The maximum Gasteiger partial charge on any atom is 0.337 e. The maximum atomic E-state index is 13.8. The number of fused-ring (bicyclic) bond motifs is 1. The molecule has 17 heteroatoms. The number of carbonyl (C=O) groups excluding carboxylic acids is 7. The van der Waals surface area contributed by atoms with Gasteiger partial charge in [0.25, 0.3) is 0 Å². The molecule has 12 atom stereocenters. The van der Waals surface area contributed by atoms with E-state index in [-0.39, 0.29) is 55.4 Å². The van der Waals surface area contributed by atoms with E-state index in [1.165, 1.54) is 13.0 Å². The molecule has 3 aliphatic heterocycles. The van der Waals surface area contributed by atoms with Gasteiger partial charge in [0, 0.05) is 58.8 Å². The van der Waals surface area contributed by atoms with Gasteiger partial charge in [-0.1, -0.05) is 13.0 Å². The van der Waals surface area contributed by atoms with Gasteiger partial charge in [0.05, 0.1) is 25.0 Å². The van der Waals surface area contributed by atoms with Gasteiger partial charge in [-0.05, 0) is 24.7 Å². The molecule has 0 aromatic rings. The van der Waals surface area contributed by atoms with Crippen molar-refractivity contribution in [3.63, 3.8) is 0 Å². The van der Waals surface area contributed by atoms with E-state index in [1.54, 1.807) is 0 Å². The second-order valence-electron chi connectivity index (χ2n) is 13.2. The molecule has 4 aliphatic rings. The highest BCUT2D eigenvalue weighted by Gasteiger charge is 2.55. The Bertz CT molecular complexity index is 1420. The van der Waals surface area contributed by atoms with Crippen LogP contribution >= 0.6 is 0 Å². The van der Waals surface area contributed by atoms with Gasteiger partial charge in [-0.3, -0.25) is 28.8 Å². The van der Waals surface area contributed by atoms with Crippen molar-refractivity contribution in [3.05, 3.63) is 24.5 Å². The molecule has 0 aromatic heterocycles. The monoisotopic (exact) mass is 738 g/mol. The standard InChI is InChI=1S/C35H46O17/c1-8-23-24(9-10-43-17(3)36)26(33(42)50-27-11-22-12-29(41)45-13-25(22)16(27)2)14-46-34(23)52-35-32(49-21(7)40)31(48-20(6)39)30(47-19(5)38)28(51-35)15-44-18(4)37/h8,14,16,22-25,27-28,30-32,34-35H,1,9-13,15H2,2-7H3/t16-,22-,23-,24+,25-,27+,28-,30-,31+,32-,34+,35+/m1/s1. The molecule has 4 rings (SSSR count). The third-order valence-electron chi connectivity index (χ3n) is 9.49. The van der Waals surface area contributed by atoms with E-state index < -0.39 is 97.4 Å². The van der Waals surface area contributed by atoms with Crippen molar-refractivity contribution in [2.24, 2.45) is 29.6 Å². The van der Waals surface area contributed by atoms with Gasteiger partial charge in [0.15, 0.2) is 18.3 Å². The number of ether oxygens (including phenoxy) is 10. The highest BCUT2D eigenvalue weighted by atomic mass is 16.8. The molecule has 0 bridgehead atoms. The summed E-state index contributed by atoms with van der Waals surface area (Å²) in [7, 11) is 0. The van der Waals surface area contributed by atoms with Crippen LogP contribution in [0, 0.1) is 29.6 Å². The number of hydrogen-bond donors (Lipinski definition) is 0. The van der Waals surface area contributed by atoms with Crippen molar-refractivity contribution in [3.8, 4) is 0 Å². The van der Waals surface area contributed by atoms with Crippen molar-refractivity contribution in [2.45, 2.75) is 104 Å². The highest BCUT2D eigenvalue weighted by Crippen LogP contribution is 2.44. The zero-order valence-corrected chi connectivity index (χ0v) is 30.0. The predicted octanol–water partition coefficient (Wildman–Crippen LogP) is 1.83. The summed E-state index contributed by atoms with van der Waals surface area (Å²) in [6, 6.07) is 0. The average Bonchev–Trinajstić information content (AvgIpc) is 3.35. The van der Waals surface area contributed by atoms with Crippen molar-refractivity contribution in [1.82, 2.24) is 0 Å². The van der Waals surface area contributed by atoms with Crippen molar-refractivity contribution >= 4 is 41.8 Å². The molecule has 0 N–H and O–H groups in total. The zero-order valence-electron chi connectivity index (χ0n) is 30.0. The quantitative estimate of drug-likeness (QED) is 0.150. The molecule has 17 nitrogen and oxygen atoms in total. The number of esters is 7. The Morgan fingerprint density at radius 3 is 2.10 bits per heavy atom. The lowest BCUT2D eigenvalue weighted by atomic mass is 9.81. The second kappa shape index (κ2) is 17.8. The zero-order chi connectivity index (χ0) is 38.3. The van der Waals surface area contributed by atoms with Gasteiger partial charge < -0.3 is 47.4 Å². The first kappa shape index (κ1) is 40.3. The normalized spacial score (nSPS) is 33.8. The molecular weight excluding hydrogens is 692 g/mol. The van der Waals surface area contributed by atoms with Gasteiger partial charge in [-0.15, -0.1) is 6.58 Å². The molecule has 0 spiro atoms. The Hall–Kier alpha value is -4.51. The van der Waals surface area contributed by atoms with Gasteiger partial charge in [0.1, 0.15) is 18.8 Å². The van der Waals surface area contributed by atoms with Gasteiger partial charge >= 0.3 is 41.8 Å². The van der Waals surface area contributed by atoms with E-state index in [0.717, 1.165) is 34.0 Å². The molecule has 52 heavy (non-hydrogen) atoms. The van der Waals surface area contributed by atoms with Crippen LogP contribution in [0.4, 0.5) is 0 Å². The first-order valence-corrected chi connectivity index (χ1v) is 17.0. The largest absolute Gasteiger partial charge is 0.471 e. The van der Waals surface area contributed by atoms with E-state index in [0.29, 0.717) is 6.42 Å². The third kappa shape index (κ3) is 10.1. The summed E-state index contributed by atoms with van der Waals surface area (Å²) in [6.45, 7) is 11.2. The Morgan fingerprint density at radius 1 is 0.846 bits per heavy atom. The van der Waals surface area contributed by atoms with Crippen LogP contribution in [0.25, 0.3) is 0 Å². The van der Waals surface area contributed by atoms with Crippen LogP contribution in [0.3, 0.4) is 0 Å². The van der Waals surface area contributed by atoms with Crippen LogP contribution in [-0.2, 0) is 80.9 Å². The first-order chi connectivity index (χ1) is 24.6. The van der Waals surface area contributed by atoms with Crippen LogP contribution < -0.4 is 0 Å². The summed E-state index contributed by atoms with van der Waals surface area (Å²) in [5.41, 5.74) is 0.104. The van der Waals surface area contributed by atoms with Crippen molar-refractivity contribution in [2.75, 3.05) is 19.8 Å². The smallest absolute Gasteiger partial charge is 0.337 e. The molecule has 3 fully saturated rings. The minimum atomic E-state index is -1.59. The van der Waals surface area contributed by atoms with E-state index in [4.69, 9.17) is 47.4 Å². The van der Waals surface area contributed by atoms with Crippen LogP contribution in [0.2, 0.25) is 0 Å². The lowest BCUT2D eigenvalue weighted by molar-refractivity contribution is -0.342. The summed E-state index contributed by atoms with van der Waals surface area (Å²) in [6.07, 6.45) is -5.64. The topological polar surface area (TPSA) is 212 Å². The van der Waals surface area contributed by atoms with Gasteiger partial charge in [-0.2, -0.15) is 0 Å². The molecule has 0 aromatic carbocycles. The van der Waals surface area contributed by atoms with Crippen molar-refractivity contribution in [1.29, 1.82) is 0 Å². The Kier molecular flexibility index (Phi) is 13.8. The fourth-order valence-corrected chi connectivity index (χ4v) is 7.16. The number of rotatable bonds is 13. The van der Waals surface area contributed by atoms with Gasteiger partial charge in [-0.25, -0.2) is 4.79 Å². The first-order valence-electron chi connectivity index (χ1n) is 17.0. The Labute approximate surface area is 300 Å². The van der Waals surface area contributed by atoms with E-state index >= 15 is 0 Å². The summed E-state index contributed by atoms with van der Waals surface area (Å²) < 4.78 is 56.2. The predicted molar refractivity (Wildman–Crippen MR) is 171 cm³/mol. The molecule has 288 valence electrons. The Balaban J connectivity index is 1.64. The molecular formula is C35H46O17. The van der Waals surface area contributed by atoms with E-state index in [1.807, 2.05) is 6.92 Å². The maximum absolute atomic E-state index is 13.8. The molecule has 1 aliphatic carbocycles. The number of carbonyl (C=O) groups is 7. The number of hydrogen-bond acceptors (Lipinski definition) is 17. The fourth-order valence-electron chi connectivity index (χ4n) is 7.16. The second-order valence-corrected chi connectivity index (χ2v) is 13.2. The van der Waals surface area contributed by atoms with Crippen molar-refractivity contribution < 1.29 is 80.9 Å². The van der Waals surface area contributed by atoms with Crippen LogP contribution in [0.15, 0.2) is 24.5 Å². The summed E-state index contributed by atoms with van der Waals surface area (Å²) in [4.78, 5) is 85.7. The summed E-state index contributed by atoms with van der Waals surface area (Å²) >= 11 is 0. The molecule has 0 unspecified atom stereocenters. The fraction of sp³-hybridized carbons (Fsp3) is 0.686. The lowest BCUT2D eigenvalue weighted by Gasteiger charge is -2.46. The van der Waals surface area contributed by atoms with Gasteiger partial charge in [0.2, 0.25) is 12.6 Å². The summed E-state index contributed by atoms with van der Waals surface area (Å²) in [5.74, 6) is -6.26. The van der Waals surface area contributed by atoms with Crippen LogP contribution in [0.5, 0.6) is 0 Å². The van der Waals surface area contributed by atoms with Crippen LogP contribution in [-0.4, -0.2) is 105 Å². The minimum Gasteiger partial charge on any atom is -0.471 e. The molecule has 3 heterocycles. The molecule has 0 radical (unpaired) electrons. The Morgan fingerprint density at radius 2 is 1.48 bits per heavy atom. The number of cyclic esters (lactones) is 1. The highest BCUT2D eigenvalue weighted by molar-refractivity contribution is 5.89. The summed E-state index contributed by atoms with van der Waals surface area (Å²) in [5, 5.41) is 0. The minimum absolute atomic E-state index is 0.0192. The SMILES string of the molecule is C=C[C@H]1[C@H](O[C@@H]2O[C@H](COC(C)=O)[C@@H](OC(C)=O)[C@H](OC(C)=O)[C@H]2OC(C)=O)OC=C(C(=O)O[C@H]2C[C@@H]3CC(=O)OC[C@@H]3[C@H]2C)[C@H]1CCOC(C)=O. The van der Waals surface area contributed by atoms with E-state index in [9.17, 15) is 33.6 Å². The third-order valence-corrected chi connectivity index (χ3v) is 9.49. The van der Waals surface area contributed by atoms with E-state index in [2.05, 4.69) is 6.58 Å². The van der Waals surface area contributed by atoms with Crippen LogP contribution in [0.1, 0.15) is 60.8 Å². The average molecular weight is 739 g/mol. The molecule has 0 amide bonds. The molecule has 1 saturated carbocycles.